The number of carbonyl (C=O) groups excluding carboxylic acids is 2. The number of fused-ring (bicyclic) bond motifs is 1. The second kappa shape index (κ2) is 7.15. The van der Waals surface area contributed by atoms with Crippen LogP contribution in [0.1, 0.15) is 48.0 Å². The first-order valence-corrected chi connectivity index (χ1v) is 10.5. The minimum absolute atomic E-state index is 0.0903. The molecule has 2 saturated heterocycles. The van der Waals surface area contributed by atoms with Crippen molar-refractivity contribution in [3.8, 4) is 5.75 Å². The second-order valence-corrected chi connectivity index (χ2v) is 8.66. The lowest BCUT2D eigenvalue weighted by atomic mass is 10.0. The van der Waals surface area contributed by atoms with Crippen LogP contribution in [0, 0.1) is 0 Å². The van der Waals surface area contributed by atoms with E-state index in [0.717, 1.165) is 43.7 Å². The van der Waals surface area contributed by atoms with Gasteiger partial charge in [-0.15, -0.1) is 0 Å². The number of allylic oxidation sites excluding steroid dienone is 1. The number of β-amino-alcohol motifs (C(OH)–C–C–N with tert-alkyl or cyclic N) is 1. The molecule has 3 fully saturated rings. The van der Waals surface area contributed by atoms with Gasteiger partial charge in [0.1, 0.15) is 17.9 Å². The monoisotopic (exact) mass is 397 g/mol. The van der Waals surface area contributed by atoms with Gasteiger partial charge in [-0.05, 0) is 55.9 Å². The fraction of sp³-hybridized carbons (Fsp3) is 0.545. The Morgan fingerprint density at radius 1 is 1.17 bits per heavy atom. The standard InChI is InChI=1S/C22H27N3O4/c1-13-5-8-19(21(27)23-13)25-10-14-9-16(6-7-17(14)22(25)28)29-20-4-2-3-18(20)24-11-15(26)12-24/h6-7,9,15,18-20,26H,1-5,8,10-12H2,(H,23,27)/t18-,19?,20-/m0/s1. The first-order chi connectivity index (χ1) is 14.0. The van der Waals surface area contributed by atoms with Gasteiger partial charge in [0.05, 0.1) is 6.10 Å². The number of amides is 2. The van der Waals surface area contributed by atoms with E-state index >= 15 is 0 Å². The average molecular weight is 397 g/mol. The zero-order chi connectivity index (χ0) is 20.1. The highest BCUT2D eigenvalue weighted by Crippen LogP contribution is 2.34. The van der Waals surface area contributed by atoms with Crippen molar-refractivity contribution in [1.29, 1.82) is 0 Å². The number of likely N-dealkylation sites (tertiary alicyclic amines) is 1. The van der Waals surface area contributed by atoms with Gasteiger partial charge in [0.15, 0.2) is 0 Å². The lowest BCUT2D eigenvalue weighted by Gasteiger charge is -2.42. The Morgan fingerprint density at radius 2 is 2.00 bits per heavy atom. The molecule has 0 bridgehead atoms. The second-order valence-electron chi connectivity index (χ2n) is 8.66. The van der Waals surface area contributed by atoms with Gasteiger partial charge in [0.25, 0.3) is 5.91 Å². The van der Waals surface area contributed by atoms with Crippen LogP contribution in [-0.4, -0.2) is 64.1 Å². The maximum absolute atomic E-state index is 12.8. The molecule has 1 unspecified atom stereocenters. The number of rotatable bonds is 4. The van der Waals surface area contributed by atoms with Crippen LogP contribution in [-0.2, 0) is 11.3 Å². The highest BCUT2D eigenvalue weighted by molar-refractivity contribution is 6.01. The topological polar surface area (TPSA) is 82.1 Å². The predicted octanol–water partition coefficient (Wildman–Crippen LogP) is 1.41. The van der Waals surface area contributed by atoms with Gasteiger partial charge in [-0.2, -0.15) is 0 Å². The van der Waals surface area contributed by atoms with Crippen molar-refractivity contribution in [2.45, 2.75) is 62.9 Å². The van der Waals surface area contributed by atoms with Crippen molar-refractivity contribution in [1.82, 2.24) is 15.1 Å². The Bertz CT molecular complexity index is 864. The fourth-order valence-corrected chi connectivity index (χ4v) is 5.10. The molecular formula is C22H27N3O4. The summed E-state index contributed by atoms with van der Waals surface area (Å²) in [5, 5.41) is 12.4. The normalized spacial score (nSPS) is 30.3. The molecule has 7 nitrogen and oxygen atoms in total. The SMILES string of the molecule is C=C1CCC(N2Cc3cc(O[C@H]4CCC[C@@H]4N4CC(O)C4)ccc3C2=O)C(=O)N1. The van der Waals surface area contributed by atoms with E-state index in [1.54, 1.807) is 4.90 Å². The minimum atomic E-state index is -0.443. The van der Waals surface area contributed by atoms with Crippen LogP contribution in [0.4, 0.5) is 0 Å². The van der Waals surface area contributed by atoms with E-state index in [0.29, 0.717) is 36.7 Å². The molecule has 3 aliphatic heterocycles. The van der Waals surface area contributed by atoms with E-state index in [1.165, 1.54) is 0 Å². The maximum atomic E-state index is 12.8. The van der Waals surface area contributed by atoms with Gasteiger partial charge in [-0.3, -0.25) is 14.5 Å². The fourth-order valence-electron chi connectivity index (χ4n) is 5.10. The summed E-state index contributed by atoms with van der Waals surface area (Å²) in [6.07, 6.45) is 4.44. The molecule has 5 rings (SSSR count). The van der Waals surface area contributed by atoms with E-state index < -0.39 is 6.04 Å². The maximum Gasteiger partial charge on any atom is 0.255 e. The lowest BCUT2D eigenvalue weighted by Crippen LogP contribution is -2.58. The summed E-state index contributed by atoms with van der Waals surface area (Å²) in [7, 11) is 0. The third kappa shape index (κ3) is 3.32. The number of nitrogens with zero attached hydrogens (tertiary/aromatic N) is 2. The first kappa shape index (κ1) is 18.6. The van der Waals surface area contributed by atoms with Crippen LogP contribution < -0.4 is 10.1 Å². The number of hydrogen-bond acceptors (Lipinski definition) is 5. The molecule has 4 aliphatic rings. The molecule has 7 heteroatoms. The van der Waals surface area contributed by atoms with Crippen molar-refractivity contribution >= 4 is 11.8 Å². The smallest absolute Gasteiger partial charge is 0.255 e. The molecule has 1 aromatic rings. The molecule has 0 spiro atoms. The molecule has 154 valence electrons. The van der Waals surface area contributed by atoms with Crippen LogP contribution in [0.2, 0.25) is 0 Å². The number of nitrogens with one attached hydrogen (secondary N) is 1. The summed E-state index contributed by atoms with van der Waals surface area (Å²) in [4.78, 5) is 29.1. The number of ether oxygens (including phenoxy) is 1. The molecule has 3 heterocycles. The molecule has 0 radical (unpaired) electrons. The molecule has 1 aliphatic carbocycles. The molecule has 3 atom stereocenters. The van der Waals surface area contributed by atoms with Crippen LogP contribution in [0.15, 0.2) is 30.5 Å². The van der Waals surface area contributed by atoms with Crippen LogP contribution in [0.3, 0.4) is 0 Å². The Hall–Kier alpha value is -2.38. The third-order valence-electron chi connectivity index (χ3n) is 6.67. The van der Waals surface area contributed by atoms with Crippen molar-refractivity contribution in [2.75, 3.05) is 13.1 Å². The summed E-state index contributed by atoms with van der Waals surface area (Å²) >= 11 is 0. The van der Waals surface area contributed by atoms with Crippen LogP contribution in [0.25, 0.3) is 0 Å². The molecule has 29 heavy (non-hydrogen) atoms. The number of carbonyl (C=O) groups is 2. The third-order valence-corrected chi connectivity index (χ3v) is 6.67. The average Bonchev–Trinajstić information content (AvgIpc) is 3.24. The van der Waals surface area contributed by atoms with Crippen molar-refractivity contribution in [3.05, 3.63) is 41.6 Å². The van der Waals surface area contributed by atoms with Gasteiger partial charge in [-0.25, -0.2) is 0 Å². The van der Waals surface area contributed by atoms with Crippen LogP contribution in [0.5, 0.6) is 5.75 Å². The Kier molecular flexibility index (Phi) is 4.59. The summed E-state index contributed by atoms with van der Waals surface area (Å²) in [5.41, 5.74) is 2.29. The molecule has 0 aromatic heterocycles. The Labute approximate surface area is 170 Å². The number of benzene rings is 1. The molecule has 2 N–H and O–H groups in total. The predicted molar refractivity (Wildman–Crippen MR) is 106 cm³/mol. The molecule has 2 amide bonds. The first-order valence-electron chi connectivity index (χ1n) is 10.5. The minimum Gasteiger partial charge on any atom is -0.489 e. The zero-order valence-corrected chi connectivity index (χ0v) is 16.5. The largest absolute Gasteiger partial charge is 0.489 e. The van der Waals surface area contributed by atoms with Gasteiger partial charge >= 0.3 is 0 Å². The van der Waals surface area contributed by atoms with E-state index in [1.807, 2.05) is 18.2 Å². The van der Waals surface area contributed by atoms with Gasteiger partial charge in [0.2, 0.25) is 5.91 Å². The van der Waals surface area contributed by atoms with E-state index in [4.69, 9.17) is 4.74 Å². The highest BCUT2D eigenvalue weighted by Gasteiger charge is 2.40. The summed E-state index contributed by atoms with van der Waals surface area (Å²) < 4.78 is 6.31. The van der Waals surface area contributed by atoms with E-state index in [9.17, 15) is 14.7 Å². The molecule has 1 saturated carbocycles. The Balaban J connectivity index is 1.29. The summed E-state index contributed by atoms with van der Waals surface area (Å²) in [6, 6.07) is 5.55. The highest BCUT2D eigenvalue weighted by atomic mass is 16.5. The summed E-state index contributed by atoms with van der Waals surface area (Å²) in [5.74, 6) is 0.537. The zero-order valence-electron chi connectivity index (χ0n) is 16.5. The quantitative estimate of drug-likeness (QED) is 0.803. The number of aliphatic hydroxyl groups excluding tert-OH is 1. The lowest BCUT2D eigenvalue weighted by molar-refractivity contribution is -0.126. The number of aliphatic hydroxyl groups is 1. The van der Waals surface area contributed by atoms with Gasteiger partial charge < -0.3 is 20.1 Å². The van der Waals surface area contributed by atoms with Gasteiger partial charge in [-0.1, -0.05) is 6.58 Å². The van der Waals surface area contributed by atoms with Gasteiger partial charge in [0, 0.05) is 36.9 Å². The van der Waals surface area contributed by atoms with E-state index in [2.05, 4.69) is 16.8 Å². The van der Waals surface area contributed by atoms with Crippen molar-refractivity contribution in [3.63, 3.8) is 0 Å². The van der Waals surface area contributed by atoms with E-state index in [-0.39, 0.29) is 24.0 Å². The van der Waals surface area contributed by atoms with Crippen molar-refractivity contribution in [2.24, 2.45) is 0 Å². The van der Waals surface area contributed by atoms with Crippen molar-refractivity contribution < 1.29 is 19.4 Å². The van der Waals surface area contributed by atoms with Crippen LogP contribution >= 0.6 is 0 Å². The Morgan fingerprint density at radius 3 is 2.76 bits per heavy atom. The molecule has 1 aromatic carbocycles. The number of hydrogen-bond donors (Lipinski definition) is 2. The number of piperidine rings is 1. The molecular weight excluding hydrogens is 370 g/mol. The summed E-state index contributed by atoms with van der Waals surface area (Å²) in [6.45, 7) is 5.70.